The summed E-state index contributed by atoms with van der Waals surface area (Å²) in [7, 11) is 0. The van der Waals surface area contributed by atoms with Crippen LogP contribution in [0.5, 0.6) is 0 Å². The minimum atomic E-state index is 0.00965. The summed E-state index contributed by atoms with van der Waals surface area (Å²) in [4.78, 5) is 12.5. The minimum absolute atomic E-state index is 0.00965. The fourth-order valence-corrected chi connectivity index (χ4v) is 3.22. The van der Waals surface area contributed by atoms with Crippen LogP contribution in [0.3, 0.4) is 0 Å². The second-order valence-corrected chi connectivity index (χ2v) is 6.81. The summed E-state index contributed by atoms with van der Waals surface area (Å²) >= 11 is 4.80. The Balaban J connectivity index is 1.88. The highest BCUT2D eigenvalue weighted by Gasteiger charge is 2.35. The van der Waals surface area contributed by atoms with E-state index in [9.17, 15) is 4.79 Å². The van der Waals surface area contributed by atoms with E-state index in [1.54, 1.807) is 0 Å². The average molecular weight is 303 g/mol. The Hall–Kier alpha value is -0.390. The summed E-state index contributed by atoms with van der Waals surface area (Å²) in [5.41, 5.74) is 5.91. The van der Waals surface area contributed by atoms with Crippen molar-refractivity contribution < 1.29 is 4.79 Å². The molecule has 3 nitrogen and oxygen atoms in total. The van der Waals surface area contributed by atoms with E-state index in [0.29, 0.717) is 13.1 Å². The summed E-state index contributed by atoms with van der Waals surface area (Å²) in [6.07, 6.45) is 3.51. The third-order valence-corrected chi connectivity index (χ3v) is 4.89. The van der Waals surface area contributed by atoms with Crippen LogP contribution in [-0.2, 0) is 0 Å². The third kappa shape index (κ3) is 2.47. The zero-order chi connectivity index (χ0) is 11.6. The minimum Gasteiger partial charge on any atom is -0.351 e. The fraction of sp³-hybridized carbons (Fsp3) is 0.545. The lowest BCUT2D eigenvalue weighted by Crippen LogP contribution is -2.46. The van der Waals surface area contributed by atoms with Crippen molar-refractivity contribution in [1.29, 1.82) is 0 Å². The molecule has 1 aromatic heterocycles. The molecule has 88 valence electrons. The molecule has 2 rings (SSSR count). The quantitative estimate of drug-likeness (QED) is 0.897. The van der Waals surface area contributed by atoms with Crippen LogP contribution >= 0.6 is 27.3 Å². The van der Waals surface area contributed by atoms with E-state index in [-0.39, 0.29) is 11.3 Å². The monoisotopic (exact) mass is 302 g/mol. The molecule has 0 bridgehead atoms. The van der Waals surface area contributed by atoms with Gasteiger partial charge in [0.15, 0.2) is 0 Å². The Bertz CT molecular complexity index is 382. The van der Waals surface area contributed by atoms with E-state index in [1.807, 2.05) is 12.1 Å². The molecule has 1 aliphatic rings. The normalized spacial score (nSPS) is 17.9. The van der Waals surface area contributed by atoms with Gasteiger partial charge in [0.2, 0.25) is 0 Å². The molecule has 1 fully saturated rings. The number of halogens is 1. The Morgan fingerprint density at radius 1 is 1.56 bits per heavy atom. The number of carbonyl (C=O) groups is 1. The molecule has 3 N–H and O–H groups in total. The van der Waals surface area contributed by atoms with Gasteiger partial charge in [0.25, 0.3) is 5.91 Å². The molecule has 0 atom stereocenters. The van der Waals surface area contributed by atoms with Crippen molar-refractivity contribution in [3.8, 4) is 0 Å². The predicted molar refractivity (Wildman–Crippen MR) is 69.7 cm³/mol. The Morgan fingerprint density at radius 3 is 2.75 bits per heavy atom. The van der Waals surface area contributed by atoms with Crippen LogP contribution in [0.4, 0.5) is 0 Å². The molecule has 0 radical (unpaired) electrons. The van der Waals surface area contributed by atoms with Crippen molar-refractivity contribution in [2.45, 2.75) is 19.3 Å². The number of carbonyl (C=O) groups excluding carboxylic acids is 1. The first kappa shape index (κ1) is 12.1. The van der Waals surface area contributed by atoms with Crippen molar-refractivity contribution in [3.05, 3.63) is 20.8 Å². The van der Waals surface area contributed by atoms with Crippen molar-refractivity contribution in [2.75, 3.05) is 13.1 Å². The van der Waals surface area contributed by atoms with E-state index < -0.39 is 0 Å². The van der Waals surface area contributed by atoms with E-state index in [4.69, 9.17) is 5.73 Å². The van der Waals surface area contributed by atoms with Gasteiger partial charge in [0.1, 0.15) is 0 Å². The molecule has 1 amide bonds. The molecule has 16 heavy (non-hydrogen) atoms. The molecule has 0 aliphatic heterocycles. The summed E-state index contributed by atoms with van der Waals surface area (Å²) in [6, 6.07) is 3.72. The number of rotatable bonds is 4. The van der Waals surface area contributed by atoms with Crippen molar-refractivity contribution in [3.63, 3.8) is 0 Å². The van der Waals surface area contributed by atoms with Gasteiger partial charge >= 0.3 is 0 Å². The molecular weight excluding hydrogens is 288 g/mol. The van der Waals surface area contributed by atoms with Crippen LogP contribution in [0.25, 0.3) is 0 Å². The Morgan fingerprint density at radius 2 is 2.31 bits per heavy atom. The number of nitrogens with one attached hydrogen (secondary N) is 1. The zero-order valence-corrected chi connectivity index (χ0v) is 11.4. The van der Waals surface area contributed by atoms with E-state index >= 15 is 0 Å². The number of thiophene rings is 1. The first-order chi connectivity index (χ1) is 7.65. The van der Waals surface area contributed by atoms with Gasteiger partial charge in [0.05, 0.1) is 8.66 Å². The molecule has 0 unspecified atom stereocenters. The number of hydrogen-bond donors (Lipinski definition) is 2. The van der Waals surface area contributed by atoms with Gasteiger partial charge in [-0.25, -0.2) is 0 Å². The molecule has 0 aromatic carbocycles. The molecule has 1 aromatic rings. The van der Waals surface area contributed by atoms with Gasteiger partial charge in [-0.2, -0.15) is 0 Å². The van der Waals surface area contributed by atoms with E-state index in [0.717, 1.165) is 21.5 Å². The standard InChI is InChI=1S/C11H15BrN2OS/c12-9-3-2-8(16-9)10(15)14-7-11(6-13)4-1-5-11/h2-3H,1,4-7,13H2,(H,14,15). The first-order valence-corrected chi connectivity index (χ1v) is 7.00. The average Bonchev–Trinajstić information content (AvgIpc) is 2.64. The van der Waals surface area contributed by atoms with Crippen LogP contribution in [0, 0.1) is 5.41 Å². The van der Waals surface area contributed by atoms with Crippen LogP contribution in [0.2, 0.25) is 0 Å². The highest BCUT2D eigenvalue weighted by Crippen LogP contribution is 2.39. The highest BCUT2D eigenvalue weighted by molar-refractivity contribution is 9.11. The molecule has 5 heteroatoms. The lowest BCUT2D eigenvalue weighted by atomic mass is 9.69. The van der Waals surface area contributed by atoms with E-state index in [1.165, 1.54) is 17.8 Å². The molecule has 0 saturated heterocycles. The topological polar surface area (TPSA) is 55.1 Å². The molecule has 1 saturated carbocycles. The van der Waals surface area contributed by atoms with Gasteiger partial charge in [-0.05, 0) is 52.9 Å². The molecule has 0 spiro atoms. The predicted octanol–water partition coefficient (Wildman–Crippen LogP) is 2.37. The highest BCUT2D eigenvalue weighted by atomic mass is 79.9. The summed E-state index contributed by atoms with van der Waals surface area (Å²) < 4.78 is 0.981. The Kier molecular flexibility index (Phi) is 3.66. The van der Waals surface area contributed by atoms with Crippen molar-refractivity contribution >= 4 is 33.2 Å². The maximum atomic E-state index is 11.8. The smallest absolute Gasteiger partial charge is 0.261 e. The molecule has 1 aliphatic carbocycles. The number of hydrogen-bond acceptors (Lipinski definition) is 3. The second-order valence-electron chi connectivity index (χ2n) is 4.34. The number of nitrogens with two attached hydrogens (primary N) is 1. The second kappa shape index (κ2) is 4.85. The van der Waals surface area contributed by atoms with Gasteiger partial charge in [-0.3, -0.25) is 4.79 Å². The molecular formula is C11H15BrN2OS. The largest absolute Gasteiger partial charge is 0.351 e. The van der Waals surface area contributed by atoms with Crippen LogP contribution in [-0.4, -0.2) is 19.0 Å². The fourth-order valence-electron chi connectivity index (χ4n) is 1.92. The first-order valence-electron chi connectivity index (χ1n) is 5.39. The summed E-state index contributed by atoms with van der Waals surface area (Å²) in [5.74, 6) is 0.00965. The van der Waals surface area contributed by atoms with Crippen molar-refractivity contribution in [1.82, 2.24) is 5.32 Å². The maximum absolute atomic E-state index is 11.8. The van der Waals surface area contributed by atoms with Crippen LogP contribution in [0.1, 0.15) is 28.9 Å². The molecule has 1 heterocycles. The SMILES string of the molecule is NCC1(CNC(=O)c2ccc(Br)s2)CCC1. The third-order valence-electron chi connectivity index (χ3n) is 3.27. The van der Waals surface area contributed by atoms with Crippen LogP contribution < -0.4 is 11.1 Å². The van der Waals surface area contributed by atoms with Gasteiger partial charge in [0, 0.05) is 6.54 Å². The maximum Gasteiger partial charge on any atom is 0.261 e. The van der Waals surface area contributed by atoms with Gasteiger partial charge in [-0.1, -0.05) is 6.42 Å². The lowest BCUT2D eigenvalue weighted by Gasteiger charge is -2.40. The summed E-state index contributed by atoms with van der Waals surface area (Å²) in [6.45, 7) is 1.37. The number of amides is 1. The lowest BCUT2D eigenvalue weighted by molar-refractivity contribution is 0.0880. The van der Waals surface area contributed by atoms with Gasteiger partial charge in [-0.15, -0.1) is 11.3 Å². The van der Waals surface area contributed by atoms with Gasteiger partial charge < -0.3 is 11.1 Å². The Labute approximate surface area is 108 Å². The van der Waals surface area contributed by atoms with E-state index in [2.05, 4.69) is 21.2 Å². The van der Waals surface area contributed by atoms with Crippen molar-refractivity contribution in [2.24, 2.45) is 11.1 Å². The van der Waals surface area contributed by atoms with Crippen LogP contribution in [0.15, 0.2) is 15.9 Å². The zero-order valence-electron chi connectivity index (χ0n) is 8.96. The summed E-state index contributed by atoms with van der Waals surface area (Å²) in [5, 5.41) is 2.98.